The van der Waals surface area contributed by atoms with Crippen LogP contribution in [0.25, 0.3) is 0 Å². The largest absolute Gasteiger partial charge is 0.352 e. The van der Waals surface area contributed by atoms with E-state index in [4.69, 9.17) is 5.73 Å². The Morgan fingerprint density at radius 2 is 2.12 bits per heavy atom. The molecule has 88 valence electrons. The molecule has 1 unspecified atom stereocenters. The third-order valence-electron chi connectivity index (χ3n) is 2.75. The van der Waals surface area contributed by atoms with Crippen LogP contribution in [0.2, 0.25) is 0 Å². The molecule has 0 aliphatic carbocycles. The summed E-state index contributed by atoms with van der Waals surface area (Å²) in [6.07, 6.45) is 0.870. The van der Waals surface area contributed by atoms with Gasteiger partial charge in [0.25, 0.3) is 0 Å². The summed E-state index contributed by atoms with van der Waals surface area (Å²) in [5.74, 6) is 0.193. The number of nitrogens with two attached hydrogens (primary N) is 1. The monoisotopic (exact) mass is 220 g/mol. The first-order valence-electron chi connectivity index (χ1n) is 5.73. The predicted octanol–water partition coefficient (Wildman–Crippen LogP) is 1.81. The normalized spacial score (nSPS) is 12.2. The molecule has 0 aliphatic heterocycles. The van der Waals surface area contributed by atoms with E-state index in [-0.39, 0.29) is 11.8 Å². The lowest BCUT2D eigenvalue weighted by molar-refractivity contribution is -0.124. The minimum Gasteiger partial charge on any atom is -0.352 e. The van der Waals surface area contributed by atoms with Gasteiger partial charge in [-0.1, -0.05) is 38.1 Å². The summed E-state index contributed by atoms with van der Waals surface area (Å²) in [5.41, 5.74) is 7.75. The van der Waals surface area contributed by atoms with Crippen LogP contribution in [0.3, 0.4) is 0 Å². The van der Waals surface area contributed by atoms with Crippen LogP contribution >= 0.6 is 0 Å². The first-order chi connectivity index (χ1) is 7.67. The zero-order valence-electron chi connectivity index (χ0n) is 9.99. The highest BCUT2D eigenvalue weighted by atomic mass is 16.1. The molecule has 3 nitrogen and oxygen atoms in total. The Morgan fingerprint density at radius 3 is 2.75 bits per heavy atom. The number of carbonyl (C=O) groups excluding carboxylic acids is 1. The van der Waals surface area contributed by atoms with Crippen molar-refractivity contribution in [3.05, 3.63) is 35.4 Å². The lowest BCUT2D eigenvalue weighted by atomic mass is 10.1. The van der Waals surface area contributed by atoms with Gasteiger partial charge in [-0.25, -0.2) is 0 Å². The molecule has 0 heterocycles. The number of hydrogen-bond donors (Lipinski definition) is 2. The van der Waals surface area contributed by atoms with E-state index in [1.807, 2.05) is 38.1 Å². The fourth-order valence-electron chi connectivity index (χ4n) is 1.42. The summed E-state index contributed by atoms with van der Waals surface area (Å²) in [5, 5.41) is 2.92. The predicted molar refractivity (Wildman–Crippen MR) is 65.6 cm³/mol. The molecule has 0 spiro atoms. The van der Waals surface area contributed by atoms with Gasteiger partial charge < -0.3 is 11.1 Å². The molecule has 1 amide bonds. The fraction of sp³-hybridized carbons (Fsp3) is 0.462. The molecule has 0 bridgehead atoms. The second kappa shape index (κ2) is 6.28. The van der Waals surface area contributed by atoms with E-state index in [9.17, 15) is 4.79 Å². The Hall–Kier alpha value is -1.35. The van der Waals surface area contributed by atoms with Crippen LogP contribution in [0.4, 0.5) is 0 Å². The maximum absolute atomic E-state index is 11.6. The molecular formula is C13H20N2O. The van der Waals surface area contributed by atoms with Crippen molar-refractivity contribution in [3.8, 4) is 0 Å². The lowest BCUT2D eigenvalue weighted by Crippen LogP contribution is -2.28. The highest BCUT2D eigenvalue weighted by molar-refractivity contribution is 5.78. The van der Waals surface area contributed by atoms with Crippen LogP contribution < -0.4 is 11.1 Å². The average molecular weight is 220 g/mol. The van der Waals surface area contributed by atoms with Crippen LogP contribution in [0, 0.1) is 5.92 Å². The number of rotatable bonds is 5. The van der Waals surface area contributed by atoms with E-state index in [0.29, 0.717) is 13.1 Å². The summed E-state index contributed by atoms with van der Waals surface area (Å²) < 4.78 is 0. The molecule has 0 fully saturated rings. The second-order valence-corrected chi connectivity index (χ2v) is 4.05. The van der Waals surface area contributed by atoms with E-state index in [1.54, 1.807) is 0 Å². The van der Waals surface area contributed by atoms with Gasteiger partial charge in [-0.15, -0.1) is 0 Å². The van der Waals surface area contributed by atoms with Crippen molar-refractivity contribution in [1.29, 1.82) is 0 Å². The third-order valence-corrected chi connectivity index (χ3v) is 2.75. The molecule has 0 saturated heterocycles. The minimum atomic E-state index is 0.0812. The number of nitrogens with one attached hydrogen (secondary N) is 1. The van der Waals surface area contributed by atoms with E-state index >= 15 is 0 Å². The SMILES string of the molecule is CCC(C)C(=O)NCc1cccc(CN)c1. The van der Waals surface area contributed by atoms with Crippen LogP contribution in [-0.4, -0.2) is 5.91 Å². The molecule has 0 aromatic heterocycles. The van der Waals surface area contributed by atoms with Crippen LogP contribution in [0.15, 0.2) is 24.3 Å². The molecule has 1 atom stereocenters. The molecule has 0 saturated carbocycles. The number of amides is 1. The van der Waals surface area contributed by atoms with E-state index in [0.717, 1.165) is 17.5 Å². The van der Waals surface area contributed by atoms with Gasteiger partial charge in [-0.3, -0.25) is 4.79 Å². The number of hydrogen-bond acceptors (Lipinski definition) is 2. The van der Waals surface area contributed by atoms with Gasteiger partial charge in [0, 0.05) is 19.0 Å². The van der Waals surface area contributed by atoms with Crippen molar-refractivity contribution >= 4 is 5.91 Å². The van der Waals surface area contributed by atoms with Gasteiger partial charge in [0.05, 0.1) is 0 Å². The van der Waals surface area contributed by atoms with Crippen LogP contribution in [-0.2, 0) is 17.9 Å². The molecule has 1 aromatic carbocycles. The first kappa shape index (κ1) is 12.7. The molecule has 16 heavy (non-hydrogen) atoms. The van der Waals surface area contributed by atoms with Crippen molar-refractivity contribution in [3.63, 3.8) is 0 Å². The second-order valence-electron chi connectivity index (χ2n) is 4.05. The van der Waals surface area contributed by atoms with Crippen LogP contribution in [0.5, 0.6) is 0 Å². The summed E-state index contributed by atoms with van der Waals surface area (Å²) in [4.78, 5) is 11.6. The van der Waals surface area contributed by atoms with Gasteiger partial charge in [0.1, 0.15) is 0 Å². The highest BCUT2D eigenvalue weighted by Gasteiger charge is 2.09. The minimum absolute atomic E-state index is 0.0812. The smallest absolute Gasteiger partial charge is 0.223 e. The molecule has 0 aliphatic rings. The van der Waals surface area contributed by atoms with Gasteiger partial charge in [-0.05, 0) is 17.5 Å². The zero-order valence-corrected chi connectivity index (χ0v) is 9.99. The van der Waals surface area contributed by atoms with Crippen molar-refractivity contribution < 1.29 is 4.79 Å². The van der Waals surface area contributed by atoms with Crippen LogP contribution in [0.1, 0.15) is 31.4 Å². The summed E-state index contributed by atoms with van der Waals surface area (Å²) in [6, 6.07) is 7.97. The summed E-state index contributed by atoms with van der Waals surface area (Å²) in [6.45, 7) is 5.06. The number of benzene rings is 1. The maximum Gasteiger partial charge on any atom is 0.223 e. The zero-order chi connectivity index (χ0) is 12.0. The Bertz CT molecular complexity index is 350. The Balaban J connectivity index is 2.51. The Labute approximate surface area is 97.0 Å². The van der Waals surface area contributed by atoms with E-state index < -0.39 is 0 Å². The Morgan fingerprint density at radius 1 is 1.44 bits per heavy atom. The van der Waals surface area contributed by atoms with Crippen molar-refractivity contribution in [1.82, 2.24) is 5.32 Å². The van der Waals surface area contributed by atoms with E-state index in [2.05, 4.69) is 5.32 Å². The molecule has 0 radical (unpaired) electrons. The summed E-state index contributed by atoms with van der Waals surface area (Å²) >= 11 is 0. The summed E-state index contributed by atoms with van der Waals surface area (Å²) in [7, 11) is 0. The Kier molecular flexibility index (Phi) is 4.99. The highest BCUT2D eigenvalue weighted by Crippen LogP contribution is 2.05. The average Bonchev–Trinajstić information content (AvgIpc) is 2.35. The van der Waals surface area contributed by atoms with Crippen molar-refractivity contribution in [2.24, 2.45) is 11.7 Å². The van der Waals surface area contributed by atoms with Gasteiger partial charge >= 0.3 is 0 Å². The first-order valence-corrected chi connectivity index (χ1v) is 5.73. The topological polar surface area (TPSA) is 55.1 Å². The molecule has 1 aromatic rings. The maximum atomic E-state index is 11.6. The van der Waals surface area contributed by atoms with Crippen molar-refractivity contribution in [2.75, 3.05) is 0 Å². The van der Waals surface area contributed by atoms with E-state index in [1.165, 1.54) is 0 Å². The third kappa shape index (κ3) is 3.66. The van der Waals surface area contributed by atoms with Crippen molar-refractivity contribution in [2.45, 2.75) is 33.4 Å². The molecular weight excluding hydrogens is 200 g/mol. The molecule has 3 heteroatoms. The lowest BCUT2D eigenvalue weighted by Gasteiger charge is -2.10. The number of carbonyl (C=O) groups is 1. The molecule has 1 rings (SSSR count). The van der Waals surface area contributed by atoms with Gasteiger partial charge in [0.15, 0.2) is 0 Å². The quantitative estimate of drug-likeness (QED) is 0.795. The standard InChI is InChI=1S/C13H20N2O/c1-3-10(2)13(16)15-9-12-6-4-5-11(7-12)8-14/h4-7,10H,3,8-9,14H2,1-2H3,(H,15,16). The fourth-order valence-corrected chi connectivity index (χ4v) is 1.42. The van der Waals surface area contributed by atoms with Gasteiger partial charge in [0.2, 0.25) is 5.91 Å². The van der Waals surface area contributed by atoms with Gasteiger partial charge in [-0.2, -0.15) is 0 Å². The molecule has 3 N–H and O–H groups in total.